The van der Waals surface area contributed by atoms with E-state index in [1.54, 1.807) is 0 Å². The molecule has 0 aliphatic heterocycles. The second-order valence-corrected chi connectivity index (χ2v) is 6.87. The van der Waals surface area contributed by atoms with Crippen molar-refractivity contribution >= 4 is 33.5 Å². The number of benzene rings is 3. The molecule has 0 spiro atoms. The number of fused-ring (bicyclic) bond motifs is 2. The molecule has 0 aliphatic carbocycles. The van der Waals surface area contributed by atoms with E-state index in [1.165, 1.54) is 0 Å². The average Bonchev–Trinajstić information content (AvgIpc) is 3.03. The van der Waals surface area contributed by atoms with Gasteiger partial charge in [-0.1, -0.05) is 50.2 Å². The average molecular weight is 344 g/mol. The van der Waals surface area contributed by atoms with Crippen LogP contribution >= 0.6 is 0 Å². The van der Waals surface area contributed by atoms with Gasteiger partial charge in [0.05, 0.1) is 0 Å². The van der Waals surface area contributed by atoms with Gasteiger partial charge in [-0.25, -0.2) is 4.98 Å². The zero-order valence-corrected chi connectivity index (χ0v) is 14.8. The van der Waals surface area contributed by atoms with Crippen LogP contribution in [0.25, 0.3) is 33.3 Å². The number of anilines is 1. The van der Waals surface area contributed by atoms with Crippen molar-refractivity contribution in [2.45, 2.75) is 20.3 Å². The zero-order valence-electron chi connectivity index (χ0n) is 14.8. The Morgan fingerprint density at radius 3 is 2.73 bits per heavy atom. The Morgan fingerprint density at radius 1 is 1.08 bits per heavy atom. The summed E-state index contributed by atoms with van der Waals surface area (Å²) >= 11 is 0. The number of aromatic nitrogens is 1. The van der Waals surface area contributed by atoms with E-state index in [2.05, 4.69) is 28.5 Å². The first-order chi connectivity index (χ1) is 12.6. The van der Waals surface area contributed by atoms with Crippen LogP contribution < -0.4 is 5.32 Å². The molecule has 4 rings (SSSR count). The fourth-order valence-corrected chi connectivity index (χ4v) is 3.12. The van der Waals surface area contributed by atoms with Crippen molar-refractivity contribution in [2.24, 2.45) is 5.92 Å². The van der Waals surface area contributed by atoms with Crippen molar-refractivity contribution in [1.82, 2.24) is 4.98 Å². The highest BCUT2D eigenvalue weighted by molar-refractivity contribution is 5.96. The summed E-state index contributed by atoms with van der Waals surface area (Å²) in [6, 6.07) is 19.8. The molecule has 0 saturated carbocycles. The number of carbonyl (C=O) groups is 1. The fraction of sp³-hybridized carbons (Fsp3) is 0.182. The lowest BCUT2D eigenvalue weighted by Gasteiger charge is -2.06. The largest absolute Gasteiger partial charge is 0.436 e. The fourth-order valence-electron chi connectivity index (χ4n) is 3.12. The number of amides is 1. The van der Waals surface area contributed by atoms with E-state index < -0.39 is 0 Å². The van der Waals surface area contributed by atoms with E-state index in [-0.39, 0.29) is 5.91 Å². The molecule has 1 amide bonds. The molecule has 0 radical (unpaired) electrons. The monoisotopic (exact) mass is 344 g/mol. The molecule has 0 atom stereocenters. The molecule has 0 unspecified atom stereocenters. The molecule has 1 N–H and O–H groups in total. The molecule has 0 fully saturated rings. The summed E-state index contributed by atoms with van der Waals surface area (Å²) in [5, 5.41) is 5.17. The number of nitrogens with zero attached hydrogens (tertiary/aromatic N) is 1. The molecule has 130 valence electrons. The van der Waals surface area contributed by atoms with Gasteiger partial charge in [0.15, 0.2) is 5.58 Å². The lowest BCUT2D eigenvalue weighted by molar-refractivity contribution is -0.116. The SMILES string of the molecule is CC(C)CC(=O)Nc1ccc2oc(-c3cccc4ccccc34)nc2c1. The molecular weight excluding hydrogens is 324 g/mol. The molecule has 0 bridgehead atoms. The minimum atomic E-state index is 0.0112. The highest BCUT2D eigenvalue weighted by atomic mass is 16.3. The summed E-state index contributed by atoms with van der Waals surface area (Å²) in [7, 11) is 0. The second kappa shape index (κ2) is 6.64. The predicted molar refractivity (Wildman–Crippen MR) is 105 cm³/mol. The molecule has 4 heteroatoms. The first-order valence-electron chi connectivity index (χ1n) is 8.79. The summed E-state index contributed by atoms with van der Waals surface area (Å²) in [5.41, 5.74) is 3.13. The Bertz CT molecular complexity index is 1090. The molecule has 1 heterocycles. The Labute approximate surface area is 151 Å². The summed E-state index contributed by atoms with van der Waals surface area (Å²) in [5.74, 6) is 0.920. The predicted octanol–water partition coefficient (Wildman–Crippen LogP) is 5.63. The maximum Gasteiger partial charge on any atom is 0.227 e. The third-order valence-corrected chi connectivity index (χ3v) is 4.29. The normalized spacial score (nSPS) is 11.3. The summed E-state index contributed by atoms with van der Waals surface area (Å²) in [4.78, 5) is 16.6. The maximum atomic E-state index is 12.0. The minimum absolute atomic E-state index is 0.0112. The Kier molecular flexibility index (Phi) is 4.17. The van der Waals surface area contributed by atoms with Gasteiger partial charge in [0.2, 0.25) is 11.8 Å². The van der Waals surface area contributed by atoms with Crippen LogP contribution in [0, 0.1) is 5.92 Å². The molecule has 4 nitrogen and oxygen atoms in total. The van der Waals surface area contributed by atoms with E-state index in [0.717, 1.165) is 27.5 Å². The number of rotatable bonds is 4. The van der Waals surface area contributed by atoms with Crippen LogP contribution in [-0.4, -0.2) is 10.9 Å². The van der Waals surface area contributed by atoms with E-state index in [0.29, 0.717) is 23.8 Å². The van der Waals surface area contributed by atoms with Gasteiger partial charge in [0.25, 0.3) is 0 Å². The zero-order chi connectivity index (χ0) is 18.1. The molecule has 0 aliphatic rings. The van der Waals surface area contributed by atoms with Crippen molar-refractivity contribution in [3.05, 3.63) is 60.7 Å². The Morgan fingerprint density at radius 2 is 1.88 bits per heavy atom. The molecular formula is C22H20N2O2. The van der Waals surface area contributed by atoms with Gasteiger partial charge in [-0.2, -0.15) is 0 Å². The van der Waals surface area contributed by atoms with E-state index in [9.17, 15) is 4.79 Å². The van der Waals surface area contributed by atoms with Gasteiger partial charge in [0, 0.05) is 17.7 Å². The van der Waals surface area contributed by atoms with E-state index in [1.807, 2.05) is 56.3 Å². The summed E-state index contributed by atoms with van der Waals surface area (Å²) < 4.78 is 5.96. The van der Waals surface area contributed by atoms with E-state index in [4.69, 9.17) is 4.42 Å². The smallest absolute Gasteiger partial charge is 0.227 e. The molecule has 0 saturated heterocycles. The lowest BCUT2D eigenvalue weighted by atomic mass is 10.0. The third kappa shape index (κ3) is 3.18. The van der Waals surface area contributed by atoms with Gasteiger partial charge < -0.3 is 9.73 Å². The number of hydrogen-bond acceptors (Lipinski definition) is 3. The van der Waals surface area contributed by atoms with Crippen molar-refractivity contribution in [3.63, 3.8) is 0 Å². The number of nitrogens with one attached hydrogen (secondary N) is 1. The van der Waals surface area contributed by atoms with Crippen molar-refractivity contribution < 1.29 is 9.21 Å². The van der Waals surface area contributed by atoms with Crippen LogP contribution in [0.1, 0.15) is 20.3 Å². The van der Waals surface area contributed by atoms with Gasteiger partial charge in [0.1, 0.15) is 5.52 Å². The Balaban J connectivity index is 1.70. The van der Waals surface area contributed by atoms with Crippen LogP contribution in [0.2, 0.25) is 0 Å². The highest BCUT2D eigenvalue weighted by Crippen LogP contribution is 2.31. The second-order valence-electron chi connectivity index (χ2n) is 6.87. The van der Waals surface area contributed by atoms with Gasteiger partial charge in [-0.05, 0) is 41.0 Å². The van der Waals surface area contributed by atoms with E-state index >= 15 is 0 Å². The van der Waals surface area contributed by atoms with Crippen LogP contribution in [0.3, 0.4) is 0 Å². The molecule has 26 heavy (non-hydrogen) atoms. The van der Waals surface area contributed by atoms with Crippen LogP contribution in [0.15, 0.2) is 65.1 Å². The standard InChI is InChI=1S/C22H20N2O2/c1-14(2)12-21(25)23-16-10-11-20-19(13-16)24-22(26-20)18-9-5-7-15-6-3-4-8-17(15)18/h3-11,13-14H,12H2,1-2H3,(H,23,25). The van der Waals surface area contributed by atoms with Crippen molar-refractivity contribution in [2.75, 3.05) is 5.32 Å². The maximum absolute atomic E-state index is 12.0. The summed E-state index contributed by atoms with van der Waals surface area (Å²) in [6.45, 7) is 4.05. The van der Waals surface area contributed by atoms with Crippen LogP contribution in [0.4, 0.5) is 5.69 Å². The highest BCUT2D eigenvalue weighted by Gasteiger charge is 2.12. The lowest BCUT2D eigenvalue weighted by Crippen LogP contribution is -2.13. The number of hydrogen-bond donors (Lipinski definition) is 1. The van der Waals surface area contributed by atoms with Gasteiger partial charge in [-0.15, -0.1) is 0 Å². The van der Waals surface area contributed by atoms with Crippen LogP contribution in [-0.2, 0) is 4.79 Å². The quantitative estimate of drug-likeness (QED) is 0.522. The van der Waals surface area contributed by atoms with Gasteiger partial charge in [-0.3, -0.25) is 4.79 Å². The number of oxazole rings is 1. The first-order valence-corrected chi connectivity index (χ1v) is 8.79. The molecule has 1 aromatic heterocycles. The molecule has 4 aromatic rings. The van der Waals surface area contributed by atoms with Crippen molar-refractivity contribution in [1.29, 1.82) is 0 Å². The van der Waals surface area contributed by atoms with Crippen molar-refractivity contribution in [3.8, 4) is 11.5 Å². The number of carbonyl (C=O) groups excluding carboxylic acids is 1. The molecule has 3 aromatic carbocycles. The van der Waals surface area contributed by atoms with Gasteiger partial charge >= 0.3 is 0 Å². The van der Waals surface area contributed by atoms with Crippen LogP contribution in [0.5, 0.6) is 0 Å². The summed E-state index contributed by atoms with van der Waals surface area (Å²) in [6.07, 6.45) is 0.498. The Hall–Kier alpha value is -3.14. The minimum Gasteiger partial charge on any atom is -0.436 e. The third-order valence-electron chi connectivity index (χ3n) is 4.29. The topological polar surface area (TPSA) is 55.1 Å². The first kappa shape index (κ1) is 16.3.